The Morgan fingerprint density at radius 2 is 1.82 bits per heavy atom. The summed E-state index contributed by atoms with van der Waals surface area (Å²) < 4.78 is 40.0. The van der Waals surface area contributed by atoms with Crippen LogP contribution in [0.25, 0.3) is 0 Å². The summed E-state index contributed by atoms with van der Waals surface area (Å²) in [6.45, 7) is 0.316. The van der Waals surface area contributed by atoms with Gasteiger partial charge in [0.15, 0.2) is 6.10 Å². The molecule has 4 heterocycles. The molecule has 0 aliphatic carbocycles. The van der Waals surface area contributed by atoms with Gasteiger partial charge < -0.3 is 14.3 Å². The third-order valence-electron chi connectivity index (χ3n) is 6.72. The molecule has 40 heavy (non-hydrogen) atoms. The summed E-state index contributed by atoms with van der Waals surface area (Å²) in [4.78, 5) is 37.0. The van der Waals surface area contributed by atoms with Crippen molar-refractivity contribution in [1.29, 1.82) is 0 Å². The van der Waals surface area contributed by atoms with E-state index in [-0.39, 0.29) is 10.4 Å². The minimum absolute atomic E-state index is 0.104. The number of oxime groups is 1. The Balaban J connectivity index is 1.19. The van der Waals surface area contributed by atoms with Gasteiger partial charge in [-0.1, -0.05) is 40.0 Å². The van der Waals surface area contributed by atoms with Gasteiger partial charge in [-0.15, -0.1) is 11.3 Å². The van der Waals surface area contributed by atoms with Crippen molar-refractivity contribution < 1.29 is 22.8 Å². The van der Waals surface area contributed by atoms with Gasteiger partial charge in [0.25, 0.3) is 5.56 Å². The van der Waals surface area contributed by atoms with Crippen molar-refractivity contribution >= 4 is 73.7 Å². The summed E-state index contributed by atoms with van der Waals surface area (Å²) in [7, 11) is 0. The van der Waals surface area contributed by atoms with Gasteiger partial charge in [-0.2, -0.15) is 13.2 Å². The normalized spacial score (nSPS) is 18.1. The molecule has 1 unspecified atom stereocenters. The third kappa shape index (κ3) is 6.20. The average Bonchev–Trinajstić information content (AvgIpc) is 3.56. The standard InChI is InChI=1S/C25H19BrCl3F3N4O3S/c26-15-5-13(25(30,31)32)9-36(24(15)38)10-21(37)35-3-1-12(2-4-35)23-33-19(11-40-23)18-8-20(39-34-18)22-16(28)6-14(27)7-17(22)29/h5-7,9,11-12,20H,1-4,8,10H2. The van der Waals surface area contributed by atoms with Gasteiger partial charge in [0.1, 0.15) is 12.3 Å². The maximum absolute atomic E-state index is 13.2. The number of hydrogen-bond donors (Lipinski definition) is 0. The van der Waals surface area contributed by atoms with Crippen LogP contribution >= 0.6 is 62.1 Å². The van der Waals surface area contributed by atoms with Crippen molar-refractivity contribution in [3.63, 3.8) is 0 Å². The van der Waals surface area contributed by atoms with Gasteiger partial charge in [0.05, 0.1) is 30.8 Å². The van der Waals surface area contributed by atoms with Gasteiger partial charge in [0.2, 0.25) is 5.91 Å². The number of hydrogen-bond acceptors (Lipinski definition) is 6. The maximum Gasteiger partial charge on any atom is 0.417 e. The molecule has 1 fully saturated rings. The number of benzene rings is 1. The first-order chi connectivity index (χ1) is 18.9. The number of thiazole rings is 1. The van der Waals surface area contributed by atoms with E-state index in [4.69, 9.17) is 44.6 Å². The van der Waals surface area contributed by atoms with Crippen molar-refractivity contribution in [3.8, 4) is 0 Å². The van der Waals surface area contributed by atoms with Crippen LogP contribution < -0.4 is 5.56 Å². The van der Waals surface area contributed by atoms with Crippen molar-refractivity contribution in [2.45, 2.75) is 44.0 Å². The Labute approximate surface area is 253 Å². The molecular weight excluding hydrogens is 680 g/mol. The molecule has 2 aliphatic rings. The van der Waals surface area contributed by atoms with Gasteiger partial charge in [0, 0.05) is 47.6 Å². The lowest BCUT2D eigenvalue weighted by molar-refractivity contribution is -0.139. The molecule has 1 aromatic carbocycles. The maximum atomic E-state index is 13.2. The number of likely N-dealkylation sites (tertiary alicyclic amines) is 1. The van der Waals surface area contributed by atoms with Crippen LogP contribution in [0.2, 0.25) is 15.1 Å². The number of halogens is 7. The monoisotopic (exact) mass is 696 g/mol. The molecule has 0 bridgehead atoms. The van der Waals surface area contributed by atoms with E-state index < -0.39 is 35.9 Å². The van der Waals surface area contributed by atoms with Crippen LogP contribution in [0, 0.1) is 0 Å². The van der Waals surface area contributed by atoms with Crippen molar-refractivity contribution in [2.24, 2.45) is 5.16 Å². The van der Waals surface area contributed by atoms with Crippen LogP contribution in [0.5, 0.6) is 0 Å². The zero-order valence-electron chi connectivity index (χ0n) is 20.4. The summed E-state index contributed by atoms with van der Waals surface area (Å²) in [5.74, 6) is -0.318. The van der Waals surface area contributed by atoms with E-state index in [1.54, 1.807) is 17.0 Å². The van der Waals surface area contributed by atoms with Gasteiger partial charge in [-0.3, -0.25) is 9.59 Å². The largest absolute Gasteiger partial charge is 0.417 e. The fraction of sp³-hybridized carbons (Fsp3) is 0.360. The molecule has 5 rings (SSSR count). The number of alkyl halides is 3. The van der Waals surface area contributed by atoms with Crippen LogP contribution in [0.3, 0.4) is 0 Å². The fourth-order valence-electron chi connectivity index (χ4n) is 4.65. The number of carbonyl (C=O) groups excluding carboxylic acids is 1. The predicted octanol–water partition coefficient (Wildman–Crippen LogP) is 7.32. The highest BCUT2D eigenvalue weighted by atomic mass is 79.9. The molecule has 0 saturated carbocycles. The van der Waals surface area contributed by atoms with E-state index >= 15 is 0 Å². The van der Waals surface area contributed by atoms with E-state index in [0.717, 1.165) is 9.57 Å². The SMILES string of the molecule is O=C(Cn1cc(C(F)(F)F)cc(Br)c1=O)N1CCC(c2nc(C3=NOC(c4c(Cl)cc(Cl)cc4Cl)C3)cs2)CC1. The summed E-state index contributed by atoms with van der Waals surface area (Å²) in [5, 5.41) is 8.20. The minimum atomic E-state index is -4.64. The molecule has 3 aromatic rings. The van der Waals surface area contributed by atoms with Crippen molar-refractivity contribution in [1.82, 2.24) is 14.5 Å². The number of pyridine rings is 1. The van der Waals surface area contributed by atoms with E-state index in [2.05, 4.69) is 21.1 Å². The third-order valence-corrected chi connectivity index (χ3v) is 9.14. The molecule has 0 N–H and O–H groups in total. The Kier molecular flexibility index (Phi) is 8.54. The summed E-state index contributed by atoms with van der Waals surface area (Å²) in [5.41, 5.74) is 0.261. The molecular formula is C25H19BrCl3F3N4O3S. The predicted molar refractivity (Wildman–Crippen MR) is 151 cm³/mol. The molecule has 7 nitrogen and oxygen atoms in total. The highest BCUT2D eigenvalue weighted by molar-refractivity contribution is 9.10. The number of amides is 1. The second-order valence-electron chi connectivity index (χ2n) is 9.35. The summed E-state index contributed by atoms with van der Waals surface area (Å²) in [6, 6.07) is 3.91. The Morgan fingerprint density at radius 1 is 1.15 bits per heavy atom. The number of nitrogens with zero attached hydrogens (tertiary/aromatic N) is 4. The van der Waals surface area contributed by atoms with Crippen LogP contribution in [0.15, 0.2) is 44.2 Å². The number of piperidine rings is 1. The minimum Gasteiger partial charge on any atom is -0.387 e. The smallest absolute Gasteiger partial charge is 0.387 e. The summed E-state index contributed by atoms with van der Waals surface area (Å²) >= 11 is 23.0. The first-order valence-electron chi connectivity index (χ1n) is 12.0. The topological polar surface area (TPSA) is 76.8 Å². The van der Waals surface area contributed by atoms with E-state index in [9.17, 15) is 22.8 Å². The number of aromatic nitrogens is 2. The molecule has 0 spiro atoms. The van der Waals surface area contributed by atoms with Gasteiger partial charge in [-0.25, -0.2) is 4.98 Å². The first kappa shape index (κ1) is 29.4. The molecule has 1 saturated heterocycles. The van der Waals surface area contributed by atoms with Crippen molar-refractivity contribution in [2.75, 3.05) is 13.1 Å². The van der Waals surface area contributed by atoms with Crippen LogP contribution in [0.4, 0.5) is 13.2 Å². The lowest BCUT2D eigenvalue weighted by Crippen LogP contribution is -2.41. The van der Waals surface area contributed by atoms with E-state index in [1.807, 2.05) is 5.38 Å². The fourth-order valence-corrected chi connectivity index (χ4v) is 7.18. The highest BCUT2D eigenvalue weighted by Gasteiger charge is 2.33. The number of carbonyl (C=O) groups is 1. The Hall–Kier alpha value is -2.12. The Morgan fingerprint density at radius 3 is 2.48 bits per heavy atom. The zero-order valence-corrected chi connectivity index (χ0v) is 25.0. The number of rotatable bonds is 5. The zero-order chi connectivity index (χ0) is 28.8. The van der Waals surface area contributed by atoms with E-state index in [0.29, 0.717) is 76.7 Å². The molecule has 2 aliphatic heterocycles. The molecule has 0 radical (unpaired) electrons. The molecule has 1 amide bonds. The van der Waals surface area contributed by atoms with Crippen LogP contribution in [0.1, 0.15) is 53.1 Å². The van der Waals surface area contributed by atoms with Crippen LogP contribution in [-0.4, -0.2) is 39.2 Å². The summed E-state index contributed by atoms with van der Waals surface area (Å²) in [6.07, 6.45) is -2.75. The molecule has 15 heteroatoms. The molecule has 2 aromatic heterocycles. The van der Waals surface area contributed by atoms with Crippen LogP contribution in [-0.2, 0) is 22.4 Å². The Bertz CT molecular complexity index is 1530. The second-order valence-corrected chi connectivity index (χ2v) is 12.3. The van der Waals surface area contributed by atoms with E-state index in [1.165, 1.54) is 11.3 Å². The highest BCUT2D eigenvalue weighted by Crippen LogP contribution is 2.40. The first-order valence-corrected chi connectivity index (χ1v) is 14.8. The second kappa shape index (κ2) is 11.6. The molecule has 212 valence electrons. The van der Waals surface area contributed by atoms with Crippen molar-refractivity contribution in [3.05, 3.63) is 81.5 Å². The average molecular weight is 699 g/mol. The molecule has 1 atom stereocenters. The lowest BCUT2D eigenvalue weighted by Gasteiger charge is -2.31. The van der Waals surface area contributed by atoms with Gasteiger partial charge >= 0.3 is 6.18 Å². The lowest BCUT2D eigenvalue weighted by atomic mass is 9.97. The van der Waals surface area contributed by atoms with Gasteiger partial charge in [-0.05, 0) is 47.0 Å². The quantitative estimate of drug-likeness (QED) is 0.280.